The van der Waals surface area contributed by atoms with Crippen LogP contribution in [0.3, 0.4) is 0 Å². The minimum atomic E-state index is -0.228. The lowest BCUT2D eigenvalue weighted by Gasteiger charge is -2.39. The molecule has 0 bridgehead atoms. The molecular weight excluding hydrogens is 381 g/mol. The van der Waals surface area contributed by atoms with Gasteiger partial charge in [0.2, 0.25) is 5.91 Å². The van der Waals surface area contributed by atoms with Gasteiger partial charge in [-0.2, -0.15) is 0 Å². The first-order chi connectivity index (χ1) is 13.6. The molecule has 1 amide bonds. The summed E-state index contributed by atoms with van der Waals surface area (Å²) >= 11 is 5.80. The van der Waals surface area contributed by atoms with Gasteiger partial charge in [0.05, 0.1) is 0 Å². The highest BCUT2D eigenvalue weighted by atomic mass is 35.5. The molecule has 4 rings (SSSR count). The second-order valence-electron chi connectivity index (χ2n) is 7.26. The Hall–Kier alpha value is -2.41. The summed E-state index contributed by atoms with van der Waals surface area (Å²) in [4.78, 5) is 19.2. The average Bonchev–Trinajstić information content (AvgIpc) is 2.75. The van der Waals surface area contributed by atoms with E-state index in [1.54, 1.807) is 18.2 Å². The molecule has 0 atom stereocenters. The molecule has 3 heterocycles. The van der Waals surface area contributed by atoms with Gasteiger partial charge in [-0.05, 0) is 49.2 Å². The van der Waals surface area contributed by atoms with Crippen molar-refractivity contribution in [3.8, 4) is 0 Å². The number of piperidine rings is 1. The monoisotopic (exact) mass is 403 g/mol. The number of carbonyl (C=O) groups excluding carboxylic acids is 1. The zero-order valence-electron chi connectivity index (χ0n) is 15.6. The van der Waals surface area contributed by atoms with Crippen molar-refractivity contribution in [2.24, 2.45) is 5.92 Å². The highest BCUT2D eigenvalue weighted by Gasteiger charge is 2.30. The Balaban J connectivity index is 1.28. The van der Waals surface area contributed by atoms with Crippen molar-refractivity contribution in [3.05, 3.63) is 47.4 Å². The highest BCUT2D eigenvalue weighted by molar-refractivity contribution is 6.29. The number of halogens is 2. The Labute approximate surface area is 168 Å². The molecule has 2 aliphatic heterocycles. The fourth-order valence-electron chi connectivity index (χ4n) is 3.93. The van der Waals surface area contributed by atoms with Crippen molar-refractivity contribution in [3.63, 3.8) is 0 Å². The molecule has 0 radical (unpaired) electrons. The molecular formula is C20H23ClFN5O. The van der Waals surface area contributed by atoms with E-state index in [9.17, 15) is 9.18 Å². The standard InChI is InChI=1S/C20H23ClFN5O/c21-18-5-6-19(24-23-18)26-9-7-15(8-10-26)20(28)27-13-11-25(12-14-27)17-3-1-16(22)2-4-17/h1-6,15H,7-14H2. The Bertz CT molecular complexity index is 733. The lowest BCUT2D eigenvalue weighted by Crippen LogP contribution is -2.51. The van der Waals surface area contributed by atoms with E-state index in [1.165, 1.54) is 12.1 Å². The minimum absolute atomic E-state index is 0.0638. The zero-order valence-corrected chi connectivity index (χ0v) is 16.4. The topological polar surface area (TPSA) is 52.6 Å². The zero-order chi connectivity index (χ0) is 19.5. The molecule has 1 aromatic heterocycles. The lowest BCUT2D eigenvalue weighted by atomic mass is 9.95. The molecule has 8 heteroatoms. The first-order valence-corrected chi connectivity index (χ1v) is 10.0. The van der Waals surface area contributed by atoms with E-state index < -0.39 is 0 Å². The van der Waals surface area contributed by atoms with E-state index in [0.29, 0.717) is 18.2 Å². The Kier molecular flexibility index (Phi) is 5.62. The molecule has 2 saturated heterocycles. The van der Waals surface area contributed by atoms with Gasteiger partial charge in [-0.1, -0.05) is 11.6 Å². The molecule has 28 heavy (non-hydrogen) atoms. The third-order valence-corrected chi connectivity index (χ3v) is 5.77. The normalized spacial score (nSPS) is 18.4. The predicted molar refractivity (Wildman–Crippen MR) is 107 cm³/mol. The van der Waals surface area contributed by atoms with Crippen molar-refractivity contribution in [2.75, 3.05) is 49.1 Å². The summed E-state index contributed by atoms with van der Waals surface area (Å²) in [6.07, 6.45) is 1.64. The maximum absolute atomic E-state index is 13.1. The summed E-state index contributed by atoms with van der Waals surface area (Å²) in [5, 5.41) is 8.40. The predicted octanol–water partition coefficient (Wildman–Crippen LogP) is 2.83. The number of rotatable bonds is 3. The smallest absolute Gasteiger partial charge is 0.225 e. The summed E-state index contributed by atoms with van der Waals surface area (Å²) in [5.41, 5.74) is 1.01. The van der Waals surface area contributed by atoms with Crippen LogP contribution in [0.1, 0.15) is 12.8 Å². The van der Waals surface area contributed by atoms with Crippen LogP contribution in [0.15, 0.2) is 36.4 Å². The number of aromatic nitrogens is 2. The summed E-state index contributed by atoms with van der Waals surface area (Å²) < 4.78 is 13.1. The van der Waals surface area contributed by atoms with Crippen molar-refractivity contribution in [1.82, 2.24) is 15.1 Å². The molecule has 0 unspecified atom stereocenters. The Morgan fingerprint density at radius 1 is 0.893 bits per heavy atom. The van der Waals surface area contributed by atoms with E-state index in [0.717, 1.165) is 50.5 Å². The molecule has 2 aromatic rings. The van der Waals surface area contributed by atoms with Crippen LogP contribution in [0, 0.1) is 11.7 Å². The van der Waals surface area contributed by atoms with Crippen molar-refractivity contribution < 1.29 is 9.18 Å². The van der Waals surface area contributed by atoms with Gasteiger partial charge in [0, 0.05) is 50.9 Å². The molecule has 6 nitrogen and oxygen atoms in total. The van der Waals surface area contributed by atoms with Crippen LogP contribution in [0.2, 0.25) is 5.15 Å². The van der Waals surface area contributed by atoms with Crippen molar-refractivity contribution >= 4 is 29.0 Å². The first kappa shape index (κ1) is 18.9. The van der Waals surface area contributed by atoms with Crippen LogP contribution in [0.4, 0.5) is 15.9 Å². The second kappa shape index (κ2) is 8.31. The van der Waals surface area contributed by atoms with Crippen LogP contribution in [-0.4, -0.2) is 60.3 Å². The van der Waals surface area contributed by atoms with E-state index in [1.807, 2.05) is 11.0 Å². The third-order valence-electron chi connectivity index (χ3n) is 5.57. The number of amides is 1. The van der Waals surface area contributed by atoms with Crippen LogP contribution in [-0.2, 0) is 4.79 Å². The molecule has 2 fully saturated rings. The summed E-state index contributed by atoms with van der Waals surface area (Å²) in [6, 6.07) is 10.1. The third kappa shape index (κ3) is 4.19. The SMILES string of the molecule is O=C(C1CCN(c2ccc(Cl)nn2)CC1)N1CCN(c2ccc(F)cc2)CC1. The van der Waals surface area contributed by atoms with Gasteiger partial charge in [0.1, 0.15) is 5.82 Å². The van der Waals surface area contributed by atoms with Crippen LogP contribution in [0.5, 0.6) is 0 Å². The quantitative estimate of drug-likeness (QED) is 0.788. The Morgan fingerprint density at radius 2 is 1.57 bits per heavy atom. The van der Waals surface area contributed by atoms with Gasteiger partial charge in [0.15, 0.2) is 11.0 Å². The van der Waals surface area contributed by atoms with Crippen LogP contribution < -0.4 is 9.80 Å². The lowest BCUT2D eigenvalue weighted by molar-refractivity contribution is -0.136. The molecule has 0 spiro atoms. The number of anilines is 2. The van der Waals surface area contributed by atoms with Gasteiger partial charge in [-0.3, -0.25) is 4.79 Å². The number of hydrogen-bond acceptors (Lipinski definition) is 5. The first-order valence-electron chi connectivity index (χ1n) is 9.63. The summed E-state index contributed by atoms with van der Waals surface area (Å²) in [7, 11) is 0. The average molecular weight is 404 g/mol. The largest absolute Gasteiger partial charge is 0.368 e. The molecule has 0 N–H and O–H groups in total. The van der Waals surface area contributed by atoms with Crippen molar-refractivity contribution in [2.45, 2.75) is 12.8 Å². The fourth-order valence-corrected chi connectivity index (χ4v) is 4.03. The van der Waals surface area contributed by atoms with Gasteiger partial charge in [-0.25, -0.2) is 4.39 Å². The van der Waals surface area contributed by atoms with Gasteiger partial charge in [0.25, 0.3) is 0 Å². The number of hydrogen-bond donors (Lipinski definition) is 0. The van der Waals surface area contributed by atoms with Crippen LogP contribution >= 0.6 is 11.6 Å². The molecule has 1 aromatic carbocycles. The van der Waals surface area contributed by atoms with Gasteiger partial charge in [-0.15, -0.1) is 10.2 Å². The maximum atomic E-state index is 13.1. The van der Waals surface area contributed by atoms with E-state index in [-0.39, 0.29) is 17.6 Å². The Morgan fingerprint density at radius 3 is 2.18 bits per heavy atom. The number of piperazine rings is 1. The maximum Gasteiger partial charge on any atom is 0.225 e. The van der Waals surface area contributed by atoms with E-state index >= 15 is 0 Å². The summed E-state index contributed by atoms with van der Waals surface area (Å²) in [6.45, 7) is 4.55. The number of nitrogens with zero attached hydrogens (tertiary/aromatic N) is 5. The minimum Gasteiger partial charge on any atom is -0.368 e. The van der Waals surface area contributed by atoms with Crippen molar-refractivity contribution in [1.29, 1.82) is 0 Å². The summed E-state index contributed by atoms with van der Waals surface area (Å²) in [5.74, 6) is 0.895. The highest BCUT2D eigenvalue weighted by Crippen LogP contribution is 2.25. The molecule has 2 aliphatic rings. The molecule has 0 aliphatic carbocycles. The number of carbonyl (C=O) groups is 1. The molecule has 148 valence electrons. The molecule has 0 saturated carbocycles. The van der Waals surface area contributed by atoms with Crippen LogP contribution in [0.25, 0.3) is 0 Å². The number of benzene rings is 1. The fraction of sp³-hybridized carbons (Fsp3) is 0.450. The van der Waals surface area contributed by atoms with E-state index in [4.69, 9.17) is 11.6 Å². The van der Waals surface area contributed by atoms with Gasteiger partial charge < -0.3 is 14.7 Å². The van der Waals surface area contributed by atoms with Gasteiger partial charge >= 0.3 is 0 Å². The van der Waals surface area contributed by atoms with E-state index in [2.05, 4.69) is 20.0 Å². The second-order valence-corrected chi connectivity index (χ2v) is 7.65.